The Bertz CT molecular complexity index is 1270. The molecule has 1 spiro atoms. The number of anilines is 2. The Hall–Kier alpha value is -2.98. The number of carbonyl (C=O) groups is 2. The molecule has 0 aromatic heterocycles. The highest BCUT2D eigenvalue weighted by Gasteiger charge is 2.66. The summed E-state index contributed by atoms with van der Waals surface area (Å²) in [5, 5.41) is 14.4. The second-order valence-electron chi connectivity index (χ2n) is 11.3. The highest BCUT2D eigenvalue weighted by Crippen LogP contribution is 2.60. The van der Waals surface area contributed by atoms with Crippen LogP contribution in [0, 0.1) is 5.92 Å². The topological polar surface area (TPSA) is 91.3 Å². The number of benzene rings is 2. The van der Waals surface area contributed by atoms with Crippen molar-refractivity contribution in [2.45, 2.75) is 43.7 Å². The van der Waals surface area contributed by atoms with Crippen LogP contribution in [-0.2, 0) is 19.9 Å². The van der Waals surface area contributed by atoms with Gasteiger partial charge in [-0.3, -0.25) is 9.59 Å². The van der Waals surface area contributed by atoms with Crippen LogP contribution in [0.2, 0.25) is 18.6 Å². The summed E-state index contributed by atoms with van der Waals surface area (Å²) in [6.07, 6.45) is 1.88. The summed E-state index contributed by atoms with van der Waals surface area (Å²) in [7, 11) is -0.584. The fourth-order valence-corrected chi connectivity index (χ4v) is 11.1. The maximum Gasteiger partial charge on any atom is 0.264 e. The van der Waals surface area contributed by atoms with E-state index in [1.807, 2.05) is 30.3 Å². The number of aliphatic hydroxyl groups excluding tert-OH is 1. The molecule has 2 fully saturated rings. The average molecular weight is 550 g/mol. The molecule has 2 amide bonds. The minimum absolute atomic E-state index is 0.00647. The molecule has 2 aromatic carbocycles. The fraction of sp³-hybridized carbons (Fsp3) is 0.467. The SMILES string of the molecule is C=CCN1C(=O)[C@@]2(O[C@@H](CCO)[C@H]([Si](C)(C)c3ccc(OC)cc3)[C@H]2C)c2cc(N3CCNCC3=O)ccc21. The molecule has 3 aliphatic rings. The number of hydrogen-bond acceptors (Lipinski definition) is 6. The molecule has 0 unspecified atom stereocenters. The van der Waals surface area contributed by atoms with Gasteiger partial charge >= 0.3 is 0 Å². The van der Waals surface area contributed by atoms with Crippen molar-refractivity contribution in [2.75, 3.05) is 49.7 Å². The number of ether oxygens (including phenoxy) is 2. The zero-order valence-electron chi connectivity index (χ0n) is 23.3. The van der Waals surface area contributed by atoms with Crippen LogP contribution in [0.3, 0.4) is 0 Å². The molecule has 39 heavy (non-hydrogen) atoms. The van der Waals surface area contributed by atoms with Crippen molar-refractivity contribution in [3.8, 4) is 5.75 Å². The van der Waals surface area contributed by atoms with E-state index >= 15 is 0 Å². The van der Waals surface area contributed by atoms with Crippen molar-refractivity contribution < 1.29 is 24.2 Å². The zero-order chi connectivity index (χ0) is 27.9. The lowest BCUT2D eigenvalue weighted by Gasteiger charge is -2.37. The van der Waals surface area contributed by atoms with Gasteiger partial charge in [-0.25, -0.2) is 0 Å². The van der Waals surface area contributed by atoms with E-state index < -0.39 is 13.7 Å². The van der Waals surface area contributed by atoms with Crippen molar-refractivity contribution >= 4 is 36.4 Å². The van der Waals surface area contributed by atoms with Gasteiger partial charge in [0.1, 0.15) is 5.75 Å². The van der Waals surface area contributed by atoms with Gasteiger partial charge in [-0.15, -0.1) is 6.58 Å². The van der Waals surface area contributed by atoms with Crippen molar-refractivity contribution in [3.05, 3.63) is 60.7 Å². The van der Waals surface area contributed by atoms with Crippen LogP contribution in [-0.4, -0.2) is 71.0 Å². The van der Waals surface area contributed by atoms with Gasteiger partial charge in [0.2, 0.25) is 5.91 Å². The number of piperazine rings is 1. The first-order valence-electron chi connectivity index (χ1n) is 13.7. The molecular weight excluding hydrogens is 510 g/mol. The van der Waals surface area contributed by atoms with Crippen LogP contribution in [0.15, 0.2) is 55.1 Å². The van der Waals surface area contributed by atoms with Crippen LogP contribution < -0.4 is 25.0 Å². The maximum absolute atomic E-state index is 14.4. The summed E-state index contributed by atoms with van der Waals surface area (Å²) < 4.78 is 12.3. The minimum atomic E-state index is -2.24. The predicted molar refractivity (Wildman–Crippen MR) is 155 cm³/mol. The van der Waals surface area contributed by atoms with E-state index in [4.69, 9.17) is 9.47 Å². The third-order valence-corrected chi connectivity index (χ3v) is 13.3. The van der Waals surface area contributed by atoms with Gasteiger partial charge in [-0.05, 0) is 42.3 Å². The Morgan fingerprint density at radius 2 is 1.97 bits per heavy atom. The van der Waals surface area contributed by atoms with Gasteiger partial charge < -0.3 is 29.7 Å². The number of carbonyl (C=O) groups excluding carboxylic acids is 2. The Kier molecular flexibility index (Phi) is 7.45. The van der Waals surface area contributed by atoms with Crippen molar-refractivity contribution in [1.82, 2.24) is 5.32 Å². The van der Waals surface area contributed by atoms with Crippen LogP contribution in [0.4, 0.5) is 11.4 Å². The van der Waals surface area contributed by atoms with Crippen molar-refractivity contribution in [1.29, 1.82) is 0 Å². The number of aliphatic hydroxyl groups is 1. The number of rotatable bonds is 8. The molecule has 3 aliphatic heterocycles. The standard InChI is InChI=1S/C30H39N3O5Si/c1-6-15-33-25-12-7-21(32-16-14-31-19-27(32)35)18-24(25)30(29(33)36)20(2)28(26(38-30)13-17-34)39(4,5)23-10-8-22(37-3)9-11-23/h6-12,18,20,26,28,31,34H,1,13-17,19H2,2-5H3/t20-,26+,28-,30+/m1/s1. The Balaban J connectivity index is 1.63. The molecule has 0 saturated carbocycles. The normalized spacial score (nSPS) is 26.8. The number of hydrogen-bond donors (Lipinski definition) is 2. The molecular formula is C30H39N3O5Si. The number of nitrogens with zero attached hydrogens (tertiary/aromatic N) is 2. The summed E-state index contributed by atoms with van der Waals surface area (Å²) in [5.41, 5.74) is 1.23. The summed E-state index contributed by atoms with van der Waals surface area (Å²) in [6, 6.07) is 14.1. The lowest BCUT2D eigenvalue weighted by atomic mass is 9.82. The summed E-state index contributed by atoms with van der Waals surface area (Å²) in [4.78, 5) is 30.7. The first kappa shape index (κ1) is 27.6. The number of methoxy groups -OCH3 is 1. The van der Waals surface area contributed by atoms with Gasteiger partial charge in [-0.1, -0.05) is 43.4 Å². The van der Waals surface area contributed by atoms with Crippen LogP contribution in [0.1, 0.15) is 18.9 Å². The second-order valence-corrected chi connectivity index (χ2v) is 16.0. The fourth-order valence-electron chi connectivity index (χ4n) is 7.06. The summed E-state index contributed by atoms with van der Waals surface area (Å²) in [6.45, 7) is 12.6. The molecule has 0 radical (unpaired) electrons. The second kappa shape index (κ2) is 10.5. The van der Waals surface area contributed by atoms with E-state index in [1.54, 1.807) is 23.0 Å². The molecule has 0 bridgehead atoms. The average Bonchev–Trinajstić information content (AvgIpc) is 3.36. The third kappa shape index (κ3) is 4.32. The molecule has 2 saturated heterocycles. The minimum Gasteiger partial charge on any atom is -0.497 e. The molecule has 208 valence electrons. The molecule has 8 nitrogen and oxygen atoms in total. The molecule has 4 atom stereocenters. The van der Waals surface area contributed by atoms with Gasteiger partial charge in [-0.2, -0.15) is 0 Å². The van der Waals surface area contributed by atoms with Gasteiger partial charge in [0.05, 0.1) is 33.5 Å². The predicted octanol–water partition coefficient (Wildman–Crippen LogP) is 2.76. The Morgan fingerprint density at radius 1 is 1.23 bits per heavy atom. The molecule has 2 N–H and O–H groups in total. The molecule has 5 rings (SSSR count). The van der Waals surface area contributed by atoms with E-state index in [-0.39, 0.29) is 36.0 Å². The highest BCUT2D eigenvalue weighted by atomic mass is 28.3. The zero-order valence-corrected chi connectivity index (χ0v) is 24.3. The highest BCUT2D eigenvalue weighted by molar-refractivity contribution is 6.91. The lowest BCUT2D eigenvalue weighted by Crippen LogP contribution is -2.52. The Labute approximate surface area is 231 Å². The molecule has 9 heteroatoms. The van der Waals surface area contributed by atoms with Crippen molar-refractivity contribution in [3.63, 3.8) is 0 Å². The van der Waals surface area contributed by atoms with Gasteiger partial charge in [0.25, 0.3) is 5.91 Å². The van der Waals surface area contributed by atoms with Gasteiger partial charge in [0.15, 0.2) is 5.60 Å². The maximum atomic E-state index is 14.4. The monoisotopic (exact) mass is 549 g/mol. The van der Waals surface area contributed by atoms with E-state index in [0.717, 1.165) is 22.7 Å². The molecule has 0 aliphatic carbocycles. The van der Waals surface area contributed by atoms with E-state index in [9.17, 15) is 14.7 Å². The summed E-state index contributed by atoms with van der Waals surface area (Å²) in [5.74, 6) is 0.552. The summed E-state index contributed by atoms with van der Waals surface area (Å²) >= 11 is 0. The quantitative estimate of drug-likeness (QED) is 0.389. The first-order chi connectivity index (χ1) is 18.7. The number of amides is 2. The van der Waals surface area contributed by atoms with Crippen LogP contribution >= 0.6 is 0 Å². The number of fused-ring (bicyclic) bond motifs is 2. The lowest BCUT2D eigenvalue weighted by molar-refractivity contribution is -0.146. The Morgan fingerprint density at radius 3 is 2.62 bits per heavy atom. The van der Waals surface area contributed by atoms with Crippen LogP contribution in [0.25, 0.3) is 0 Å². The van der Waals surface area contributed by atoms with E-state index in [1.165, 1.54) is 5.19 Å². The smallest absolute Gasteiger partial charge is 0.264 e. The van der Waals surface area contributed by atoms with Crippen LogP contribution in [0.5, 0.6) is 5.75 Å². The first-order valence-corrected chi connectivity index (χ1v) is 16.8. The largest absolute Gasteiger partial charge is 0.497 e. The number of nitrogens with one attached hydrogen (secondary N) is 1. The molecule has 2 aromatic rings. The third-order valence-electron chi connectivity index (χ3n) is 8.95. The van der Waals surface area contributed by atoms with E-state index in [0.29, 0.717) is 32.6 Å². The van der Waals surface area contributed by atoms with E-state index in [2.05, 4.69) is 44.0 Å². The van der Waals surface area contributed by atoms with Crippen molar-refractivity contribution in [2.24, 2.45) is 5.92 Å². The van der Waals surface area contributed by atoms with Gasteiger partial charge in [0, 0.05) is 43.4 Å². The molecule has 3 heterocycles.